The van der Waals surface area contributed by atoms with Gasteiger partial charge in [0.1, 0.15) is 11.6 Å². The van der Waals surface area contributed by atoms with Gasteiger partial charge in [-0.3, -0.25) is 0 Å². The average molecular weight is 310 g/mol. The second kappa shape index (κ2) is 7.01. The maximum atomic E-state index is 13.9. The molecular weight excluding hydrogens is 292 g/mol. The van der Waals surface area contributed by atoms with Crippen molar-refractivity contribution in [1.82, 2.24) is 5.32 Å². The Bertz CT molecular complexity index is 588. The van der Waals surface area contributed by atoms with Crippen molar-refractivity contribution in [3.63, 3.8) is 0 Å². The third-order valence-corrected chi connectivity index (χ3v) is 3.74. The normalized spacial score (nSPS) is 12.4. The van der Waals surface area contributed by atoms with Crippen LogP contribution in [0, 0.1) is 18.6 Å². The molecule has 1 unspecified atom stereocenters. The lowest BCUT2D eigenvalue weighted by Gasteiger charge is -2.20. The Morgan fingerprint density at radius 2 is 1.95 bits per heavy atom. The minimum absolute atomic E-state index is 0.182. The minimum atomic E-state index is -0.335. The van der Waals surface area contributed by atoms with Crippen molar-refractivity contribution in [2.45, 2.75) is 26.3 Å². The maximum Gasteiger partial charge on any atom is 0.127 e. The Balaban J connectivity index is 2.35. The van der Waals surface area contributed by atoms with Gasteiger partial charge in [-0.1, -0.05) is 30.7 Å². The summed E-state index contributed by atoms with van der Waals surface area (Å²) >= 11 is 6.08. The summed E-state index contributed by atoms with van der Waals surface area (Å²) in [6.07, 6.45) is 0.377. The first-order valence-corrected chi connectivity index (χ1v) is 7.32. The van der Waals surface area contributed by atoms with Crippen LogP contribution in [0.1, 0.15) is 29.7 Å². The molecule has 0 fully saturated rings. The predicted octanol–water partition coefficient (Wildman–Crippen LogP) is 4.82. The topological polar surface area (TPSA) is 12.0 Å². The van der Waals surface area contributed by atoms with Crippen LogP contribution in [0.25, 0.3) is 0 Å². The molecule has 1 nitrogen and oxygen atoms in total. The van der Waals surface area contributed by atoms with Crippen molar-refractivity contribution in [3.05, 3.63) is 69.7 Å². The summed E-state index contributed by atoms with van der Waals surface area (Å²) in [6, 6.07) is 9.32. The highest BCUT2D eigenvalue weighted by Gasteiger charge is 2.17. The minimum Gasteiger partial charge on any atom is -0.310 e. The van der Waals surface area contributed by atoms with Gasteiger partial charge in [-0.2, -0.15) is 0 Å². The van der Waals surface area contributed by atoms with Gasteiger partial charge in [0, 0.05) is 16.6 Å². The van der Waals surface area contributed by atoms with E-state index in [0.717, 1.165) is 11.1 Å². The van der Waals surface area contributed by atoms with Crippen molar-refractivity contribution < 1.29 is 8.78 Å². The summed E-state index contributed by atoms with van der Waals surface area (Å²) < 4.78 is 27.5. The van der Waals surface area contributed by atoms with Crippen LogP contribution in [-0.4, -0.2) is 6.54 Å². The lowest BCUT2D eigenvalue weighted by atomic mass is 9.97. The highest BCUT2D eigenvalue weighted by Crippen LogP contribution is 2.26. The Morgan fingerprint density at radius 3 is 2.57 bits per heavy atom. The molecule has 0 radical (unpaired) electrons. The van der Waals surface area contributed by atoms with Crippen LogP contribution in [0.2, 0.25) is 5.02 Å². The highest BCUT2D eigenvalue weighted by atomic mass is 35.5. The van der Waals surface area contributed by atoms with E-state index in [9.17, 15) is 8.78 Å². The van der Waals surface area contributed by atoms with Crippen LogP contribution in [0.15, 0.2) is 36.4 Å². The van der Waals surface area contributed by atoms with Gasteiger partial charge < -0.3 is 5.32 Å². The van der Waals surface area contributed by atoms with Crippen molar-refractivity contribution in [2.75, 3.05) is 6.54 Å². The molecule has 21 heavy (non-hydrogen) atoms. The molecule has 1 N–H and O–H groups in total. The predicted molar refractivity (Wildman–Crippen MR) is 82.7 cm³/mol. The fourth-order valence-corrected chi connectivity index (χ4v) is 2.69. The van der Waals surface area contributed by atoms with Gasteiger partial charge >= 0.3 is 0 Å². The zero-order valence-corrected chi connectivity index (χ0v) is 12.8. The van der Waals surface area contributed by atoms with E-state index in [1.165, 1.54) is 18.2 Å². The Labute approximate surface area is 128 Å². The first kappa shape index (κ1) is 15.9. The molecule has 0 aliphatic heterocycles. The smallest absolute Gasteiger partial charge is 0.127 e. The van der Waals surface area contributed by atoms with Gasteiger partial charge in [-0.25, -0.2) is 8.78 Å². The van der Waals surface area contributed by atoms with Crippen molar-refractivity contribution in [1.29, 1.82) is 0 Å². The molecule has 0 aliphatic carbocycles. The number of likely N-dealkylation sites (N-methyl/N-ethyl adjacent to an activating group) is 1. The number of halogens is 3. The molecule has 0 heterocycles. The molecule has 112 valence electrons. The second-order valence-electron chi connectivity index (χ2n) is 5.08. The zero-order chi connectivity index (χ0) is 15.4. The Morgan fingerprint density at radius 1 is 1.19 bits per heavy atom. The first-order valence-electron chi connectivity index (χ1n) is 6.94. The molecule has 0 aliphatic rings. The fourth-order valence-electron chi connectivity index (χ4n) is 2.45. The van der Waals surface area contributed by atoms with E-state index in [-0.39, 0.29) is 17.7 Å². The van der Waals surface area contributed by atoms with Crippen LogP contribution in [-0.2, 0) is 6.42 Å². The van der Waals surface area contributed by atoms with Crippen molar-refractivity contribution in [2.24, 2.45) is 0 Å². The number of aryl methyl sites for hydroxylation is 1. The summed E-state index contributed by atoms with van der Waals surface area (Å²) in [4.78, 5) is 0. The summed E-state index contributed by atoms with van der Waals surface area (Å²) in [5, 5.41) is 3.66. The second-order valence-corrected chi connectivity index (χ2v) is 5.48. The monoisotopic (exact) mass is 309 g/mol. The van der Waals surface area contributed by atoms with E-state index in [4.69, 9.17) is 11.6 Å². The van der Waals surface area contributed by atoms with Crippen molar-refractivity contribution >= 4 is 11.6 Å². The van der Waals surface area contributed by atoms with Gasteiger partial charge in [0.05, 0.1) is 0 Å². The Kier molecular flexibility index (Phi) is 5.32. The number of nitrogens with one attached hydrogen (secondary N) is 1. The van der Waals surface area contributed by atoms with E-state index in [2.05, 4.69) is 5.32 Å². The maximum absolute atomic E-state index is 13.9. The molecule has 2 aromatic carbocycles. The lowest BCUT2D eigenvalue weighted by Crippen LogP contribution is -2.23. The van der Waals surface area contributed by atoms with E-state index in [1.54, 1.807) is 12.1 Å². The molecule has 2 aromatic rings. The van der Waals surface area contributed by atoms with Crippen LogP contribution in [0.3, 0.4) is 0 Å². The van der Waals surface area contributed by atoms with Crippen LogP contribution < -0.4 is 5.32 Å². The van der Waals surface area contributed by atoms with Gasteiger partial charge in [-0.05, 0) is 55.3 Å². The number of hydrogen-bond acceptors (Lipinski definition) is 1. The third-order valence-electron chi connectivity index (χ3n) is 3.39. The van der Waals surface area contributed by atoms with E-state index >= 15 is 0 Å². The average Bonchev–Trinajstić information content (AvgIpc) is 2.40. The van der Waals surface area contributed by atoms with Gasteiger partial charge in [0.2, 0.25) is 0 Å². The fraction of sp³-hybridized carbons (Fsp3) is 0.294. The summed E-state index contributed by atoms with van der Waals surface area (Å²) in [7, 11) is 0. The molecular formula is C17H18ClF2N. The molecule has 0 spiro atoms. The molecule has 1 atom stereocenters. The van der Waals surface area contributed by atoms with Crippen LogP contribution in [0.4, 0.5) is 8.78 Å². The molecule has 0 bridgehead atoms. The molecule has 0 saturated heterocycles. The van der Waals surface area contributed by atoms with Gasteiger partial charge in [-0.15, -0.1) is 0 Å². The quantitative estimate of drug-likeness (QED) is 0.835. The van der Waals surface area contributed by atoms with Gasteiger partial charge in [0.25, 0.3) is 0 Å². The summed E-state index contributed by atoms with van der Waals surface area (Å²) in [5.41, 5.74) is 2.09. The summed E-state index contributed by atoms with van der Waals surface area (Å²) in [5.74, 6) is -0.619. The van der Waals surface area contributed by atoms with E-state index < -0.39 is 0 Å². The molecule has 4 heteroatoms. The largest absolute Gasteiger partial charge is 0.310 e. The van der Waals surface area contributed by atoms with E-state index in [1.807, 2.05) is 19.9 Å². The van der Waals surface area contributed by atoms with Crippen LogP contribution >= 0.6 is 11.6 Å². The third kappa shape index (κ3) is 4.02. The van der Waals surface area contributed by atoms with Crippen LogP contribution in [0.5, 0.6) is 0 Å². The molecule has 0 amide bonds. The molecule has 2 rings (SSSR count). The number of benzene rings is 2. The lowest BCUT2D eigenvalue weighted by molar-refractivity contribution is 0.523. The Hall–Kier alpha value is -1.45. The molecule has 0 aromatic heterocycles. The zero-order valence-electron chi connectivity index (χ0n) is 12.1. The SMILES string of the molecule is CCNC(Cc1c(F)cccc1Cl)c1cc(C)cc(F)c1. The highest BCUT2D eigenvalue weighted by molar-refractivity contribution is 6.31. The van der Waals surface area contributed by atoms with Gasteiger partial charge in [0.15, 0.2) is 0 Å². The van der Waals surface area contributed by atoms with E-state index in [0.29, 0.717) is 23.6 Å². The number of hydrogen-bond donors (Lipinski definition) is 1. The number of rotatable bonds is 5. The van der Waals surface area contributed by atoms with Crippen molar-refractivity contribution in [3.8, 4) is 0 Å². The first-order chi connectivity index (χ1) is 10.0. The standard InChI is InChI=1S/C17H18ClF2N/c1-3-21-17(12-7-11(2)8-13(19)9-12)10-14-15(18)5-4-6-16(14)20/h4-9,17,21H,3,10H2,1-2H3. The molecule has 0 saturated carbocycles. The summed E-state index contributed by atoms with van der Waals surface area (Å²) in [6.45, 7) is 4.50.